The van der Waals surface area contributed by atoms with Crippen molar-refractivity contribution in [3.63, 3.8) is 0 Å². The minimum absolute atomic E-state index is 0.00464. The van der Waals surface area contributed by atoms with Crippen LogP contribution in [0.1, 0.15) is 33.6 Å². The third-order valence-corrected chi connectivity index (χ3v) is 3.21. The Kier molecular flexibility index (Phi) is 5.37. The highest BCUT2D eigenvalue weighted by Crippen LogP contribution is 2.21. The normalized spacial score (nSPS) is 16.8. The summed E-state index contributed by atoms with van der Waals surface area (Å²) < 4.78 is 11.1. The van der Waals surface area contributed by atoms with Gasteiger partial charge in [0.2, 0.25) is 11.2 Å². The van der Waals surface area contributed by atoms with Crippen LogP contribution in [-0.4, -0.2) is 46.9 Å². The lowest BCUT2D eigenvalue weighted by Crippen LogP contribution is -2.38. The molecule has 0 unspecified atom stereocenters. The minimum Gasteiger partial charge on any atom is -0.461 e. The van der Waals surface area contributed by atoms with Crippen molar-refractivity contribution in [2.45, 2.75) is 45.8 Å². The van der Waals surface area contributed by atoms with Gasteiger partial charge in [0.15, 0.2) is 0 Å². The van der Waals surface area contributed by atoms with E-state index in [2.05, 4.69) is 19.9 Å². The summed E-state index contributed by atoms with van der Waals surface area (Å²) in [6, 6.07) is 0.280. The molecule has 0 radical (unpaired) electrons. The molecule has 0 spiro atoms. The fourth-order valence-electron chi connectivity index (χ4n) is 2.19. The van der Waals surface area contributed by atoms with Crippen LogP contribution in [0.3, 0.4) is 0 Å². The molecule has 112 valence electrons. The summed E-state index contributed by atoms with van der Waals surface area (Å²) in [5.74, 6) is 0.579. The molecule has 0 bridgehead atoms. The number of ether oxygens (including phenoxy) is 2. The summed E-state index contributed by atoms with van der Waals surface area (Å²) in [4.78, 5) is 14.6. The minimum atomic E-state index is 0.00464. The third-order valence-electron chi connectivity index (χ3n) is 3.04. The third kappa shape index (κ3) is 4.18. The van der Waals surface area contributed by atoms with Crippen LogP contribution >= 0.6 is 11.6 Å². The Morgan fingerprint density at radius 2 is 1.95 bits per heavy atom. The molecule has 0 aromatic carbocycles. The Balaban J connectivity index is 2.03. The van der Waals surface area contributed by atoms with Crippen molar-refractivity contribution in [3.8, 4) is 6.01 Å². The molecule has 0 amide bonds. The molecule has 2 heterocycles. The van der Waals surface area contributed by atoms with Gasteiger partial charge in [-0.25, -0.2) is 0 Å². The van der Waals surface area contributed by atoms with Crippen LogP contribution in [0.25, 0.3) is 0 Å². The molecule has 1 saturated heterocycles. The molecule has 7 heteroatoms. The lowest BCUT2D eigenvalue weighted by Gasteiger charge is -2.31. The van der Waals surface area contributed by atoms with Gasteiger partial charge in [0.25, 0.3) is 0 Å². The molecule has 2 rings (SSSR count). The zero-order chi connectivity index (χ0) is 14.5. The fraction of sp³-hybridized carbons (Fsp3) is 0.769. The molecule has 0 N–H and O–H groups in total. The smallest absolute Gasteiger partial charge is 0.322 e. The van der Waals surface area contributed by atoms with Crippen molar-refractivity contribution < 1.29 is 9.47 Å². The van der Waals surface area contributed by atoms with E-state index in [1.807, 2.05) is 20.8 Å². The van der Waals surface area contributed by atoms with Crippen LogP contribution in [-0.2, 0) is 4.74 Å². The largest absolute Gasteiger partial charge is 0.461 e. The van der Waals surface area contributed by atoms with Gasteiger partial charge in [-0.1, -0.05) is 0 Å². The monoisotopic (exact) mass is 300 g/mol. The number of piperidine rings is 1. The summed E-state index contributed by atoms with van der Waals surface area (Å²) in [6.45, 7) is 8.33. The van der Waals surface area contributed by atoms with Gasteiger partial charge < -0.3 is 14.4 Å². The zero-order valence-electron chi connectivity index (χ0n) is 12.2. The maximum absolute atomic E-state index is 5.94. The summed E-state index contributed by atoms with van der Waals surface area (Å²) in [6.07, 6.45) is 2.28. The molecule has 1 aliphatic heterocycles. The Morgan fingerprint density at radius 3 is 2.55 bits per heavy atom. The van der Waals surface area contributed by atoms with Gasteiger partial charge in [-0.2, -0.15) is 15.0 Å². The Labute approximate surface area is 124 Å². The summed E-state index contributed by atoms with van der Waals surface area (Å²) in [7, 11) is 0. The molecule has 1 aliphatic rings. The zero-order valence-corrected chi connectivity index (χ0v) is 12.9. The van der Waals surface area contributed by atoms with Crippen molar-refractivity contribution in [2.75, 3.05) is 24.6 Å². The van der Waals surface area contributed by atoms with Gasteiger partial charge in [0.05, 0.1) is 12.2 Å². The van der Waals surface area contributed by atoms with E-state index in [0.29, 0.717) is 12.1 Å². The van der Waals surface area contributed by atoms with E-state index in [1.165, 1.54) is 0 Å². The molecular formula is C13H21ClN4O2. The molecule has 1 aromatic rings. The van der Waals surface area contributed by atoms with E-state index in [0.717, 1.165) is 32.5 Å². The standard InChI is InChI=1S/C13H21ClN4O2/c1-4-19-10-5-7-18(8-6-10)12-15-11(14)16-13(17-12)20-9(2)3/h9-10H,4-8H2,1-3H3. The second-order valence-corrected chi connectivity index (χ2v) is 5.33. The van der Waals surface area contributed by atoms with Crippen LogP contribution in [0, 0.1) is 0 Å². The highest BCUT2D eigenvalue weighted by molar-refractivity contribution is 6.28. The Morgan fingerprint density at radius 1 is 1.25 bits per heavy atom. The van der Waals surface area contributed by atoms with Crippen molar-refractivity contribution in [1.82, 2.24) is 15.0 Å². The quantitative estimate of drug-likeness (QED) is 0.831. The van der Waals surface area contributed by atoms with Gasteiger partial charge in [-0.3, -0.25) is 0 Å². The summed E-state index contributed by atoms with van der Waals surface area (Å²) >= 11 is 5.94. The maximum atomic E-state index is 5.94. The number of aromatic nitrogens is 3. The number of rotatable bonds is 5. The highest BCUT2D eigenvalue weighted by atomic mass is 35.5. The predicted molar refractivity (Wildman–Crippen MR) is 77.5 cm³/mol. The maximum Gasteiger partial charge on any atom is 0.322 e. The van der Waals surface area contributed by atoms with Gasteiger partial charge in [0.1, 0.15) is 0 Å². The SMILES string of the molecule is CCOC1CCN(c2nc(Cl)nc(OC(C)C)n2)CC1. The van der Waals surface area contributed by atoms with Crippen LogP contribution in [0.15, 0.2) is 0 Å². The van der Waals surface area contributed by atoms with E-state index >= 15 is 0 Å². The van der Waals surface area contributed by atoms with E-state index in [9.17, 15) is 0 Å². The average molecular weight is 301 g/mol. The molecule has 1 aromatic heterocycles. The van der Waals surface area contributed by atoms with Gasteiger partial charge in [-0.05, 0) is 45.2 Å². The Hall–Kier alpha value is -1.14. The van der Waals surface area contributed by atoms with E-state index in [1.54, 1.807) is 0 Å². The van der Waals surface area contributed by atoms with Crippen molar-refractivity contribution in [1.29, 1.82) is 0 Å². The second-order valence-electron chi connectivity index (χ2n) is 5.00. The van der Waals surface area contributed by atoms with Crippen LogP contribution in [0.2, 0.25) is 5.28 Å². The average Bonchev–Trinajstić information content (AvgIpc) is 2.38. The highest BCUT2D eigenvalue weighted by Gasteiger charge is 2.22. The fourth-order valence-corrected chi connectivity index (χ4v) is 2.33. The van der Waals surface area contributed by atoms with E-state index in [-0.39, 0.29) is 17.4 Å². The van der Waals surface area contributed by atoms with Crippen LogP contribution in [0.5, 0.6) is 6.01 Å². The molecule has 0 atom stereocenters. The first-order valence-electron chi connectivity index (χ1n) is 7.03. The van der Waals surface area contributed by atoms with Gasteiger partial charge >= 0.3 is 6.01 Å². The number of anilines is 1. The molecular weight excluding hydrogens is 280 g/mol. The van der Waals surface area contributed by atoms with Crippen molar-refractivity contribution >= 4 is 17.5 Å². The van der Waals surface area contributed by atoms with Gasteiger partial charge in [0, 0.05) is 19.7 Å². The second kappa shape index (κ2) is 7.04. The van der Waals surface area contributed by atoms with Crippen LogP contribution < -0.4 is 9.64 Å². The Bertz CT molecular complexity index is 436. The number of nitrogens with zero attached hydrogens (tertiary/aromatic N) is 4. The number of halogens is 1. The predicted octanol–water partition coefficient (Wildman–Crippen LogP) is 2.32. The molecule has 1 fully saturated rings. The summed E-state index contributed by atoms with van der Waals surface area (Å²) in [5, 5.41) is 0.164. The van der Waals surface area contributed by atoms with E-state index < -0.39 is 0 Å². The lowest BCUT2D eigenvalue weighted by molar-refractivity contribution is 0.0457. The van der Waals surface area contributed by atoms with E-state index in [4.69, 9.17) is 21.1 Å². The number of hydrogen-bond donors (Lipinski definition) is 0. The lowest BCUT2D eigenvalue weighted by atomic mass is 10.1. The first kappa shape index (κ1) is 15.3. The topological polar surface area (TPSA) is 60.4 Å². The molecule has 20 heavy (non-hydrogen) atoms. The molecule has 0 saturated carbocycles. The molecule has 0 aliphatic carbocycles. The molecule has 6 nitrogen and oxygen atoms in total. The number of hydrogen-bond acceptors (Lipinski definition) is 6. The van der Waals surface area contributed by atoms with Crippen molar-refractivity contribution in [2.24, 2.45) is 0 Å². The first-order valence-corrected chi connectivity index (χ1v) is 7.41. The van der Waals surface area contributed by atoms with Crippen molar-refractivity contribution in [3.05, 3.63) is 5.28 Å². The van der Waals surface area contributed by atoms with Gasteiger partial charge in [-0.15, -0.1) is 0 Å². The summed E-state index contributed by atoms with van der Waals surface area (Å²) in [5.41, 5.74) is 0. The first-order chi connectivity index (χ1) is 9.58. The van der Waals surface area contributed by atoms with Crippen LogP contribution in [0.4, 0.5) is 5.95 Å².